The summed E-state index contributed by atoms with van der Waals surface area (Å²) < 4.78 is 5.50. The predicted octanol–water partition coefficient (Wildman–Crippen LogP) is 3.46. The molecule has 0 aromatic carbocycles. The molecule has 0 amide bonds. The minimum atomic E-state index is 0.0851. The zero-order valence-electron chi connectivity index (χ0n) is 14.2. The Balaban J connectivity index is 1.62. The zero-order chi connectivity index (χ0) is 16.7. The van der Waals surface area contributed by atoms with Crippen molar-refractivity contribution in [2.24, 2.45) is 11.8 Å². The Morgan fingerprint density at radius 3 is 2.71 bits per heavy atom. The summed E-state index contributed by atoms with van der Waals surface area (Å²) in [6.45, 7) is 6.52. The summed E-state index contributed by atoms with van der Waals surface area (Å²) in [6, 6.07) is 3.82. The number of carbonyl (C=O) groups excluding carboxylic acids is 1. The lowest BCUT2D eigenvalue weighted by Gasteiger charge is -2.35. The predicted molar refractivity (Wildman–Crippen MR) is 91.3 cm³/mol. The first-order valence-corrected chi connectivity index (χ1v) is 8.77. The number of rotatable bonds is 2. The Morgan fingerprint density at radius 1 is 1.21 bits per heavy atom. The topological polar surface area (TPSA) is 59.2 Å². The van der Waals surface area contributed by atoms with Gasteiger partial charge in [0.2, 0.25) is 5.95 Å². The lowest BCUT2D eigenvalue weighted by atomic mass is 9.85. The van der Waals surface area contributed by atoms with Gasteiger partial charge in [0.1, 0.15) is 5.76 Å². The molecule has 2 aromatic heterocycles. The number of nitrogens with zero attached hydrogens (tertiary/aromatic N) is 3. The maximum Gasteiger partial charge on any atom is 0.225 e. The van der Waals surface area contributed by atoms with Crippen molar-refractivity contribution >= 4 is 11.7 Å². The van der Waals surface area contributed by atoms with Crippen LogP contribution < -0.4 is 4.90 Å². The van der Waals surface area contributed by atoms with Gasteiger partial charge in [0.15, 0.2) is 5.78 Å². The second kappa shape index (κ2) is 6.04. The molecule has 5 nitrogen and oxygen atoms in total. The number of anilines is 1. The Labute approximate surface area is 142 Å². The van der Waals surface area contributed by atoms with Gasteiger partial charge < -0.3 is 9.32 Å². The van der Waals surface area contributed by atoms with Crippen LogP contribution in [0, 0.1) is 11.8 Å². The van der Waals surface area contributed by atoms with E-state index in [9.17, 15) is 4.79 Å². The normalized spacial score (nSPS) is 27.2. The van der Waals surface area contributed by atoms with Crippen LogP contribution in [0.4, 0.5) is 5.95 Å². The highest BCUT2D eigenvalue weighted by Gasteiger charge is 2.31. The van der Waals surface area contributed by atoms with Gasteiger partial charge >= 0.3 is 0 Å². The molecule has 3 heterocycles. The molecule has 24 heavy (non-hydrogen) atoms. The fourth-order valence-electron chi connectivity index (χ4n) is 4.14. The number of carbonyl (C=O) groups is 1. The highest BCUT2D eigenvalue weighted by Crippen LogP contribution is 2.33. The van der Waals surface area contributed by atoms with Crippen LogP contribution in [0.15, 0.2) is 29.0 Å². The smallest absolute Gasteiger partial charge is 0.225 e. The molecule has 1 aliphatic carbocycles. The first kappa shape index (κ1) is 15.4. The van der Waals surface area contributed by atoms with Gasteiger partial charge in [-0.2, -0.15) is 0 Å². The van der Waals surface area contributed by atoms with E-state index < -0.39 is 0 Å². The van der Waals surface area contributed by atoms with Crippen LogP contribution in [-0.2, 0) is 6.42 Å². The molecule has 5 heteroatoms. The first-order valence-electron chi connectivity index (χ1n) is 8.77. The van der Waals surface area contributed by atoms with Gasteiger partial charge in [0, 0.05) is 38.0 Å². The molecule has 0 bridgehead atoms. The molecule has 1 aliphatic heterocycles. The van der Waals surface area contributed by atoms with Crippen LogP contribution in [0.2, 0.25) is 0 Å². The summed E-state index contributed by atoms with van der Waals surface area (Å²) >= 11 is 0. The fourth-order valence-corrected chi connectivity index (χ4v) is 4.14. The maximum absolute atomic E-state index is 12.4. The summed E-state index contributed by atoms with van der Waals surface area (Å²) in [4.78, 5) is 24.0. The number of ketones is 1. The number of fused-ring (bicyclic) bond motifs is 1. The molecular formula is C19H23N3O2. The van der Waals surface area contributed by atoms with Crippen molar-refractivity contribution in [1.82, 2.24) is 9.97 Å². The molecule has 1 fully saturated rings. The SMILES string of the molecule is C[C@@H]1C[C@H](C)CN(c2ncc3c(n2)C[C@H](c2ccco2)CC3=O)C1. The van der Waals surface area contributed by atoms with Crippen molar-refractivity contribution in [3.8, 4) is 0 Å². The van der Waals surface area contributed by atoms with Crippen LogP contribution in [0.5, 0.6) is 0 Å². The standard InChI is InChI=1S/C19H23N3O2/c1-12-6-13(2)11-22(10-12)19-20-9-15-16(21-19)7-14(8-17(15)23)18-4-3-5-24-18/h3-5,9,12-14H,6-8,10-11H2,1-2H3/t12-,13+,14-/m0/s1. The first-order chi connectivity index (χ1) is 11.6. The van der Waals surface area contributed by atoms with Gasteiger partial charge in [-0.25, -0.2) is 9.97 Å². The molecule has 0 spiro atoms. The van der Waals surface area contributed by atoms with E-state index in [0.29, 0.717) is 23.8 Å². The van der Waals surface area contributed by atoms with E-state index in [-0.39, 0.29) is 11.7 Å². The van der Waals surface area contributed by atoms with Crippen molar-refractivity contribution in [2.75, 3.05) is 18.0 Å². The Bertz CT molecular complexity index is 731. The van der Waals surface area contributed by atoms with Crippen molar-refractivity contribution < 1.29 is 9.21 Å². The van der Waals surface area contributed by atoms with Crippen LogP contribution in [0.1, 0.15) is 54.4 Å². The molecule has 2 aromatic rings. The van der Waals surface area contributed by atoms with Crippen molar-refractivity contribution in [3.05, 3.63) is 41.6 Å². The van der Waals surface area contributed by atoms with Gasteiger partial charge in [0.25, 0.3) is 0 Å². The van der Waals surface area contributed by atoms with E-state index in [2.05, 4.69) is 23.7 Å². The molecular weight excluding hydrogens is 302 g/mol. The molecule has 3 atom stereocenters. The molecule has 1 saturated heterocycles. The minimum Gasteiger partial charge on any atom is -0.469 e. The second-order valence-electron chi connectivity index (χ2n) is 7.43. The van der Waals surface area contributed by atoms with E-state index >= 15 is 0 Å². The number of furan rings is 1. The highest BCUT2D eigenvalue weighted by molar-refractivity contribution is 5.98. The van der Waals surface area contributed by atoms with Crippen LogP contribution in [0.3, 0.4) is 0 Å². The summed E-state index contributed by atoms with van der Waals surface area (Å²) in [5, 5.41) is 0. The summed E-state index contributed by atoms with van der Waals surface area (Å²) in [5.74, 6) is 3.12. The average Bonchev–Trinajstić information content (AvgIpc) is 3.08. The molecule has 126 valence electrons. The Hall–Kier alpha value is -2.17. The Morgan fingerprint density at radius 2 is 2.00 bits per heavy atom. The molecule has 4 rings (SSSR count). The van der Waals surface area contributed by atoms with E-state index in [1.165, 1.54) is 6.42 Å². The van der Waals surface area contributed by atoms with Gasteiger partial charge in [-0.15, -0.1) is 0 Å². The largest absolute Gasteiger partial charge is 0.469 e. The summed E-state index contributed by atoms with van der Waals surface area (Å²) in [7, 11) is 0. The summed E-state index contributed by atoms with van der Waals surface area (Å²) in [6.07, 6.45) is 5.85. The van der Waals surface area contributed by atoms with Crippen molar-refractivity contribution in [2.45, 2.75) is 39.0 Å². The van der Waals surface area contributed by atoms with E-state index in [1.807, 2.05) is 12.1 Å². The maximum atomic E-state index is 12.4. The van der Waals surface area contributed by atoms with Crippen LogP contribution in [0.25, 0.3) is 0 Å². The van der Waals surface area contributed by atoms with E-state index in [4.69, 9.17) is 9.40 Å². The van der Waals surface area contributed by atoms with Crippen molar-refractivity contribution in [3.63, 3.8) is 0 Å². The van der Waals surface area contributed by atoms with Crippen molar-refractivity contribution in [1.29, 1.82) is 0 Å². The lowest BCUT2D eigenvalue weighted by Crippen LogP contribution is -2.40. The monoisotopic (exact) mass is 325 g/mol. The number of aromatic nitrogens is 2. The minimum absolute atomic E-state index is 0.0851. The van der Waals surface area contributed by atoms with Gasteiger partial charge in [-0.3, -0.25) is 4.79 Å². The highest BCUT2D eigenvalue weighted by atomic mass is 16.3. The van der Waals surface area contributed by atoms with Gasteiger partial charge in [0.05, 0.1) is 17.5 Å². The van der Waals surface area contributed by atoms with E-state index in [0.717, 1.165) is 36.9 Å². The van der Waals surface area contributed by atoms with Crippen LogP contribution >= 0.6 is 0 Å². The summed E-state index contributed by atoms with van der Waals surface area (Å²) in [5.41, 5.74) is 1.54. The quantitative estimate of drug-likeness (QED) is 0.846. The Kier molecular flexibility index (Phi) is 3.87. The third-order valence-electron chi connectivity index (χ3n) is 5.12. The van der Waals surface area contributed by atoms with E-state index in [1.54, 1.807) is 12.5 Å². The third-order valence-corrected chi connectivity index (χ3v) is 5.12. The fraction of sp³-hybridized carbons (Fsp3) is 0.526. The number of hydrogen-bond donors (Lipinski definition) is 0. The molecule has 2 aliphatic rings. The van der Waals surface area contributed by atoms with Gasteiger partial charge in [-0.05, 0) is 30.4 Å². The van der Waals surface area contributed by atoms with Crippen LogP contribution in [-0.4, -0.2) is 28.8 Å². The number of Topliss-reactive ketones (excluding diaryl/α,β-unsaturated/α-hetero) is 1. The number of piperidine rings is 1. The lowest BCUT2D eigenvalue weighted by molar-refractivity contribution is 0.0958. The second-order valence-corrected chi connectivity index (χ2v) is 7.43. The van der Waals surface area contributed by atoms with Gasteiger partial charge in [-0.1, -0.05) is 13.8 Å². The molecule has 0 unspecified atom stereocenters. The third kappa shape index (κ3) is 2.83. The average molecular weight is 325 g/mol. The number of hydrogen-bond acceptors (Lipinski definition) is 5. The molecule has 0 radical (unpaired) electrons. The molecule has 0 saturated carbocycles. The zero-order valence-corrected chi connectivity index (χ0v) is 14.2. The molecule has 0 N–H and O–H groups in total.